The van der Waals surface area contributed by atoms with Gasteiger partial charge in [0.1, 0.15) is 5.82 Å². The molecule has 0 radical (unpaired) electrons. The summed E-state index contributed by atoms with van der Waals surface area (Å²) in [6, 6.07) is 4.40. The van der Waals surface area contributed by atoms with Crippen molar-refractivity contribution in [3.05, 3.63) is 28.5 Å². The number of carbonyl (C=O) groups excluding carboxylic acids is 1. The topological polar surface area (TPSA) is 55.1 Å². The van der Waals surface area contributed by atoms with E-state index in [2.05, 4.69) is 35.1 Å². The number of nitrogens with one attached hydrogen (secondary N) is 1. The first-order chi connectivity index (χ1) is 8.92. The van der Waals surface area contributed by atoms with Crippen molar-refractivity contribution >= 4 is 27.5 Å². The summed E-state index contributed by atoms with van der Waals surface area (Å²) in [6.45, 7) is 4.72. The third kappa shape index (κ3) is 5.70. The van der Waals surface area contributed by atoms with Crippen LogP contribution in [0.4, 0.5) is 10.1 Å². The summed E-state index contributed by atoms with van der Waals surface area (Å²) in [5.41, 5.74) is 6.25. The van der Waals surface area contributed by atoms with Crippen molar-refractivity contribution in [1.82, 2.24) is 0 Å². The highest BCUT2D eigenvalue weighted by Crippen LogP contribution is 2.21. The van der Waals surface area contributed by atoms with Gasteiger partial charge in [-0.3, -0.25) is 4.79 Å². The number of hydrogen-bond acceptors (Lipinski definition) is 2. The predicted molar refractivity (Wildman–Crippen MR) is 79.3 cm³/mol. The molecule has 5 heteroatoms. The second-order valence-corrected chi connectivity index (χ2v) is 5.97. The molecular weight excluding hydrogens is 311 g/mol. The summed E-state index contributed by atoms with van der Waals surface area (Å²) in [6.07, 6.45) is 1.32. The Labute approximate surface area is 121 Å². The number of anilines is 1. The lowest BCUT2D eigenvalue weighted by Crippen LogP contribution is -2.23. The first kappa shape index (κ1) is 16.1. The van der Waals surface area contributed by atoms with Crippen molar-refractivity contribution in [1.29, 1.82) is 0 Å². The van der Waals surface area contributed by atoms with Crippen molar-refractivity contribution < 1.29 is 9.18 Å². The third-order valence-electron chi connectivity index (χ3n) is 2.82. The molecule has 106 valence electrons. The molecule has 0 saturated heterocycles. The zero-order valence-corrected chi connectivity index (χ0v) is 12.8. The van der Waals surface area contributed by atoms with Crippen LogP contribution in [0, 0.1) is 17.7 Å². The average Bonchev–Trinajstić information content (AvgIpc) is 2.32. The van der Waals surface area contributed by atoms with Gasteiger partial charge in [-0.25, -0.2) is 4.39 Å². The Morgan fingerprint density at radius 2 is 2.16 bits per heavy atom. The molecule has 0 aromatic heterocycles. The van der Waals surface area contributed by atoms with Crippen molar-refractivity contribution in [2.45, 2.75) is 26.7 Å². The van der Waals surface area contributed by atoms with E-state index >= 15 is 0 Å². The Balaban J connectivity index is 2.56. The standard InChI is InChI=1S/C14H20BrFN2O/c1-9(2)5-10(8-17)6-14(19)18-11-3-4-13(16)12(15)7-11/h3-4,7,9-10H,5-6,8,17H2,1-2H3,(H,18,19). The zero-order chi connectivity index (χ0) is 14.4. The molecule has 1 rings (SSSR count). The molecule has 0 saturated carbocycles. The molecular formula is C14H20BrFN2O. The highest BCUT2D eigenvalue weighted by Gasteiger charge is 2.14. The Morgan fingerprint density at radius 1 is 1.47 bits per heavy atom. The SMILES string of the molecule is CC(C)CC(CN)CC(=O)Nc1ccc(F)c(Br)c1. The fourth-order valence-electron chi connectivity index (χ4n) is 1.98. The molecule has 1 aromatic carbocycles. The van der Waals surface area contributed by atoms with Crippen LogP contribution in [-0.2, 0) is 4.79 Å². The van der Waals surface area contributed by atoms with Gasteiger partial charge in [0, 0.05) is 12.1 Å². The van der Waals surface area contributed by atoms with Gasteiger partial charge in [-0.05, 0) is 58.9 Å². The van der Waals surface area contributed by atoms with Crippen LogP contribution in [-0.4, -0.2) is 12.5 Å². The van der Waals surface area contributed by atoms with Gasteiger partial charge in [-0.2, -0.15) is 0 Å². The quantitative estimate of drug-likeness (QED) is 0.838. The van der Waals surface area contributed by atoms with Crippen LogP contribution in [0.5, 0.6) is 0 Å². The van der Waals surface area contributed by atoms with E-state index in [9.17, 15) is 9.18 Å². The molecule has 0 aliphatic rings. The minimum absolute atomic E-state index is 0.0883. The monoisotopic (exact) mass is 330 g/mol. The maximum atomic E-state index is 13.1. The largest absolute Gasteiger partial charge is 0.330 e. The highest BCUT2D eigenvalue weighted by molar-refractivity contribution is 9.10. The van der Waals surface area contributed by atoms with Gasteiger partial charge in [0.15, 0.2) is 0 Å². The molecule has 0 fully saturated rings. The fraction of sp³-hybridized carbons (Fsp3) is 0.500. The first-order valence-electron chi connectivity index (χ1n) is 6.37. The van der Waals surface area contributed by atoms with Crippen molar-refractivity contribution in [3.63, 3.8) is 0 Å². The average molecular weight is 331 g/mol. The molecule has 3 nitrogen and oxygen atoms in total. The van der Waals surface area contributed by atoms with E-state index in [1.807, 2.05) is 0 Å². The van der Waals surface area contributed by atoms with Crippen molar-refractivity contribution in [3.8, 4) is 0 Å². The number of halogens is 2. The van der Waals surface area contributed by atoms with E-state index in [1.54, 1.807) is 6.07 Å². The van der Waals surface area contributed by atoms with Gasteiger partial charge >= 0.3 is 0 Å². The summed E-state index contributed by atoms with van der Waals surface area (Å²) in [5.74, 6) is 0.262. The summed E-state index contributed by atoms with van der Waals surface area (Å²) in [4.78, 5) is 11.9. The van der Waals surface area contributed by atoms with Crippen LogP contribution in [0.2, 0.25) is 0 Å². The lowest BCUT2D eigenvalue weighted by molar-refractivity contribution is -0.117. The Kier molecular flexibility index (Phi) is 6.45. The van der Waals surface area contributed by atoms with Gasteiger partial charge in [0.2, 0.25) is 5.91 Å². The molecule has 1 unspecified atom stereocenters. The minimum atomic E-state index is -0.349. The molecule has 0 heterocycles. The van der Waals surface area contributed by atoms with E-state index in [0.29, 0.717) is 29.0 Å². The molecule has 3 N–H and O–H groups in total. The lowest BCUT2D eigenvalue weighted by Gasteiger charge is -2.16. The van der Waals surface area contributed by atoms with Gasteiger partial charge < -0.3 is 11.1 Å². The minimum Gasteiger partial charge on any atom is -0.330 e. The molecule has 19 heavy (non-hydrogen) atoms. The van der Waals surface area contributed by atoms with E-state index in [1.165, 1.54) is 12.1 Å². The van der Waals surface area contributed by atoms with Crippen molar-refractivity contribution in [2.75, 3.05) is 11.9 Å². The molecule has 0 bridgehead atoms. The van der Waals surface area contributed by atoms with Crippen LogP contribution in [0.25, 0.3) is 0 Å². The first-order valence-corrected chi connectivity index (χ1v) is 7.16. The highest BCUT2D eigenvalue weighted by atomic mass is 79.9. The maximum Gasteiger partial charge on any atom is 0.224 e. The lowest BCUT2D eigenvalue weighted by atomic mass is 9.94. The van der Waals surface area contributed by atoms with E-state index < -0.39 is 0 Å². The molecule has 1 atom stereocenters. The van der Waals surface area contributed by atoms with Crippen molar-refractivity contribution in [2.24, 2.45) is 17.6 Å². The van der Waals surface area contributed by atoms with Crippen LogP contribution in [0.1, 0.15) is 26.7 Å². The Bertz CT molecular complexity index is 437. The van der Waals surface area contributed by atoms with Gasteiger partial charge in [0.05, 0.1) is 4.47 Å². The van der Waals surface area contributed by atoms with Crippen LogP contribution in [0.3, 0.4) is 0 Å². The summed E-state index contributed by atoms with van der Waals surface area (Å²) in [5, 5.41) is 2.76. The molecule has 0 aliphatic heterocycles. The summed E-state index contributed by atoms with van der Waals surface area (Å²) >= 11 is 3.09. The van der Waals surface area contributed by atoms with E-state index in [0.717, 1.165) is 6.42 Å². The van der Waals surface area contributed by atoms with Gasteiger partial charge in [-0.15, -0.1) is 0 Å². The number of carbonyl (C=O) groups is 1. The Morgan fingerprint density at radius 3 is 2.68 bits per heavy atom. The number of rotatable bonds is 6. The molecule has 0 aliphatic carbocycles. The number of amides is 1. The molecule has 0 spiro atoms. The van der Waals surface area contributed by atoms with E-state index in [4.69, 9.17) is 5.73 Å². The molecule has 1 aromatic rings. The second kappa shape index (κ2) is 7.60. The van der Waals surface area contributed by atoms with Gasteiger partial charge in [-0.1, -0.05) is 13.8 Å². The zero-order valence-electron chi connectivity index (χ0n) is 11.2. The van der Waals surface area contributed by atoms with Gasteiger partial charge in [0.25, 0.3) is 0 Å². The summed E-state index contributed by atoms with van der Waals surface area (Å²) in [7, 11) is 0. The van der Waals surface area contributed by atoms with E-state index in [-0.39, 0.29) is 17.6 Å². The van der Waals surface area contributed by atoms with Crippen LogP contribution < -0.4 is 11.1 Å². The fourth-order valence-corrected chi connectivity index (χ4v) is 2.36. The summed E-state index contributed by atoms with van der Waals surface area (Å²) < 4.78 is 13.4. The molecule has 1 amide bonds. The van der Waals surface area contributed by atoms with Crippen LogP contribution >= 0.6 is 15.9 Å². The Hall–Kier alpha value is -0.940. The third-order valence-corrected chi connectivity index (χ3v) is 3.42. The number of nitrogens with two attached hydrogens (primary N) is 1. The maximum absolute atomic E-state index is 13.1. The second-order valence-electron chi connectivity index (χ2n) is 5.11. The number of hydrogen-bond donors (Lipinski definition) is 2. The normalized spacial score (nSPS) is 12.5. The predicted octanol–water partition coefficient (Wildman–Crippen LogP) is 3.54. The smallest absolute Gasteiger partial charge is 0.224 e. The number of benzene rings is 1. The van der Waals surface area contributed by atoms with Crippen LogP contribution in [0.15, 0.2) is 22.7 Å².